The Bertz CT molecular complexity index is 516. The zero-order chi connectivity index (χ0) is 17.8. The highest BCUT2D eigenvalue weighted by atomic mass is 79.9. The largest absolute Gasteiger partial charge is 0.542 e. The van der Waals surface area contributed by atoms with Gasteiger partial charge in [-0.2, -0.15) is 0 Å². The molecule has 0 spiro atoms. The van der Waals surface area contributed by atoms with Crippen molar-refractivity contribution in [1.82, 2.24) is 0 Å². The van der Waals surface area contributed by atoms with E-state index in [9.17, 15) is 4.79 Å². The summed E-state index contributed by atoms with van der Waals surface area (Å²) >= 11 is 3.56. The Balaban J connectivity index is 3.31. The molecule has 0 aliphatic rings. The molecule has 0 unspecified atom stereocenters. The van der Waals surface area contributed by atoms with Crippen molar-refractivity contribution in [3.8, 4) is 5.75 Å². The lowest BCUT2D eigenvalue weighted by Crippen LogP contribution is -2.50. The topological polar surface area (TPSA) is 26.3 Å². The van der Waals surface area contributed by atoms with Gasteiger partial charge < -0.3 is 4.43 Å². The van der Waals surface area contributed by atoms with Crippen molar-refractivity contribution in [3.05, 3.63) is 29.3 Å². The molecule has 0 aliphatic carbocycles. The van der Waals surface area contributed by atoms with Gasteiger partial charge in [0.25, 0.3) is 8.32 Å². The van der Waals surface area contributed by atoms with Gasteiger partial charge in [0.15, 0.2) is 5.78 Å². The smallest absolute Gasteiger partial charge is 0.258 e. The zero-order valence-corrected chi connectivity index (χ0v) is 18.2. The summed E-state index contributed by atoms with van der Waals surface area (Å²) in [6.45, 7) is 15.6. The summed E-state index contributed by atoms with van der Waals surface area (Å²) in [7, 11) is -1.97. The highest BCUT2D eigenvalue weighted by molar-refractivity contribution is 9.08. The van der Waals surface area contributed by atoms with Gasteiger partial charge in [-0.3, -0.25) is 4.79 Å². The maximum absolute atomic E-state index is 12.0. The standard InChI is InChI=1S/C19H31BrO2Si/c1-8-18(21)16-9-10-19(17(11-16)12-20)22-23(13(2)3,14(4)5)15(6)7/h9-11,13-15H,8,12H2,1-7H3. The molecule has 23 heavy (non-hydrogen) atoms. The summed E-state index contributed by atoms with van der Waals surface area (Å²) in [5.74, 6) is 1.12. The van der Waals surface area contributed by atoms with E-state index in [4.69, 9.17) is 4.43 Å². The first-order chi connectivity index (χ1) is 10.7. The van der Waals surface area contributed by atoms with Crippen LogP contribution in [0.15, 0.2) is 18.2 Å². The van der Waals surface area contributed by atoms with Gasteiger partial charge in [-0.1, -0.05) is 64.4 Å². The number of Topliss-reactive ketones (excluding diaryl/α,β-unsaturated/α-hetero) is 1. The summed E-state index contributed by atoms with van der Waals surface area (Å²) in [5.41, 5.74) is 3.44. The number of halogens is 1. The van der Waals surface area contributed by atoms with Crippen LogP contribution in [0.5, 0.6) is 5.75 Å². The summed E-state index contributed by atoms with van der Waals surface area (Å²) in [6.07, 6.45) is 0.532. The van der Waals surface area contributed by atoms with E-state index in [0.717, 1.165) is 16.9 Å². The first kappa shape index (κ1) is 20.4. The summed E-state index contributed by atoms with van der Waals surface area (Å²) < 4.78 is 6.77. The van der Waals surface area contributed by atoms with E-state index in [0.29, 0.717) is 28.4 Å². The van der Waals surface area contributed by atoms with Crippen LogP contribution < -0.4 is 4.43 Å². The molecule has 0 bridgehead atoms. The number of hydrogen-bond acceptors (Lipinski definition) is 2. The third-order valence-corrected chi connectivity index (χ3v) is 11.4. The number of carbonyl (C=O) groups excluding carboxylic acids is 1. The van der Waals surface area contributed by atoms with Gasteiger partial charge in [0.05, 0.1) is 0 Å². The van der Waals surface area contributed by atoms with Crippen LogP contribution in [0.1, 0.15) is 70.8 Å². The lowest BCUT2D eigenvalue weighted by Gasteiger charge is -2.42. The molecule has 0 heterocycles. The fourth-order valence-corrected chi connectivity index (χ4v) is 9.43. The molecule has 1 aromatic rings. The molecule has 0 saturated heterocycles. The molecule has 0 aromatic heterocycles. The zero-order valence-electron chi connectivity index (χ0n) is 15.6. The van der Waals surface area contributed by atoms with Crippen LogP contribution in [0.3, 0.4) is 0 Å². The van der Waals surface area contributed by atoms with Crippen molar-refractivity contribution in [3.63, 3.8) is 0 Å². The molecule has 0 N–H and O–H groups in total. The number of hydrogen-bond donors (Lipinski definition) is 0. The molecular weight excluding hydrogens is 368 g/mol. The number of ketones is 1. The predicted octanol–water partition coefficient (Wildman–Crippen LogP) is 6.73. The molecule has 0 amide bonds. The van der Waals surface area contributed by atoms with Gasteiger partial charge in [0, 0.05) is 22.9 Å². The second kappa shape index (κ2) is 8.47. The molecule has 0 atom stereocenters. The van der Waals surface area contributed by atoms with E-state index < -0.39 is 8.32 Å². The van der Waals surface area contributed by atoms with Gasteiger partial charge in [0.2, 0.25) is 0 Å². The SMILES string of the molecule is CCC(=O)c1ccc(O[Si](C(C)C)(C(C)C)C(C)C)c(CBr)c1. The number of carbonyl (C=O) groups is 1. The van der Waals surface area contributed by atoms with Gasteiger partial charge >= 0.3 is 0 Å². The Kier molecular flexibility index (Phi) is 7.53. The number of benzene rings is 1. The van der Waals surface area contributed by atoms with Gasteiger partial charge in [-0.25, -0.2) is 0 Å². The Labute approximate surface area is 151 Å². The predicted molar refractivity (Wildman–Crippen MR) is 105 cm³/mol. The second-order valence-electron chi connectivity index (χ2n) is 7.15. The van der Waals surface area contributed by atoms with Gasteiger partial charge in [-0.05, 0) is 34.8 Å². The third-order valence-electron chi connectivity index (χ3n) is 4.84. The summed E-state index contributed by atoms with van der Waals surface area (Å²) in [6, 6.07) is 5.89. The van der Waals surface area contributed by atoms with Crippen LogP contribution in [0.2, 0.25) is 16.6 Å². The minimum Gasteiger partial charge on any atom is -0.542 e. The molecule has 0 radical (unpaired) electrons. The van der Waals surface area contributed by atoms with E-state index in [2.05, 4.69) is 57.5 Å². The molecular formula is C19H31BrO2Si. The maximum atomic E-state index is 12.0. The molecule has 2 nitrogen and oxygen atoms in total. The number of rotatable bonds is 8. The average molecular weight is 399 g/mol. The molecule has 1 aromatic carbocycles. The Morgan fingerprint density at radius 3 is 2.00 bits per heavy atom. The quantitative estimate of drug-likeness (QED) is 0.275. The Morgan fingerprint density at radius 2 is 1.61 bits per heavy atom. The molecule has 130 valence electrons. The number of alkyl halides is 1. The van der Waals surface area contributed by atoms with Crippen molar-refractivity contribution >= 4 is 30.0 Å². The first-order valence-electron chi connectivity index (χ1n) is 8.61. The van der Waals surface area contributed by atoms with Crippen molar-refractivity contribution < 1.29 is 9.22 Å². The van der Waals surface area contributed by atoms with Crippen LogP contribution in [-0.2, 0) is 5.33 Å². The van der Waals surface area contributed by atoms with E-state index in [1.54, 1.807) is 0 Å². The second-order valence-corrected chi connectivity index (χ2v) is 13.1. The van der Waals surface area contributed by atoms with E-state index in [-0.39, 0.29) is 5.78 Å². The lowest BCUT2D eigenvalue weighted by atomic mass is 10.1. The van der Waals surface area contributed by atoms with Crippen molar-refractivity contribution in [2.24, 2.45) is 0 Å². The van der Waals surface area contributed by atoms with Crippen molar-refractivity contribution in [1.29, 1.82) is 0 Å². The minimum atomic E-state index is -1.97. The summed E-state index contributed by atoms with van der Waals surface area (Å²) in [5, 5.41) is 0.700. The molecule has 4 heteroatoms. The summed E-state index contributed by atoms with van der Waals surface area (Å²) in [4.78, 5) is 12.0. The monoisotopic (exact) mass is 398 g/mol. The van der Waals surface area contributed by atoms with E-state index in [1.807, 2.05) is 25.1 Å². The highest BCUT2D eigenvalue weighted by Crippen LogP contribution is 2.43. The molecule has 0 fully saturated rings. The van der Waals surface area contributed by atoms with Crippen LogP contribution in [-0.4, -0.2) is 14.1 Å². The van der Waals surface area contributed by atoms with Crippen LogP contribution >= 0.6 is 15.9 Å². The maximum Gasteiger partial charge on any atom is 0.258 e. The Hall–Kier alpha value is -0.613. The fraction of sp³-hybridized carbons (Fsp3) is 0.632. The Morgan fingerprint density at radius 1 is 1.09 bits per heavy atom. The van der Waals surface area contributed by atoms with Gasteiger partial charge in [0.1, 0.15) is 5.75 Å². The minimum absolute atomic E-state index is 0.179. The lowest BCUT2D eigenvalue weighted by molar-refractivity contribution is 0.0988. The average Bonchev–Trinajstić information content (AvgIpc) is 2.50. The molecule has 0 aliphatic heterocycles. The fourth-order valence-electron chi connectivity index (χ4n) is 3.71. The first-order valence-corrected chi connectivity index (χ1v) is 11.9. The highest BCUT2D eigenvalue weighted by Gasteiger charge is 2.47. The van der Waals surface area contributed by atoms with Gasteiger partial charge in [-0.15, -0.1) is 0 Å². The molecule has 0 saturated carbocycles. The van der Waals surface area contributed by atoms with Crippen LogP contribution in [0.25, 0.3) is 0 Å². The van der Waals surface area contributed by atoms with E-state index >= 15 is 0 Å². The van der Waals surface area contributed by atoms with E-state index in [1.165, 1.54) is 0 Å². The third kappa shape index (κ3) is 4.27. The normalized spacial score (nSPS) is 12.3. The van der Waals surface area contributed by atoms with Crippen molar-refractivity contribution in [2.75, 3.05) is 0 Å². The van der Waals surface area contributed by atoms with Crippen LogP contribution in [0, 0.1) is 0 Å². The van der Waals surface area contributed by atoms with Crippen molar-refractivity contribution in [2.45, 2.75) is 76.8 Å². The van der Waals surface area contributed by atoms with Crippen LogP contribution in [0.4, 0.5) is 0 Å². The molecule has 1 rings (SSSR count).